The number of carbonyl (C=O) groups excluding carboxylic acids is 2. The van der Waals surface area contributed by atoms with Gasteiger partial charge in [0, 0.05) is 13.0 Å². The average Bonchev–Trinajstić information content (AvgIpc) is 2.45. The lowest BCUT2D eigenvalue weighted by Gasteiger charge is -2.25. The number of hydrogen-bond acceptors (Lipinski definition) is 4. The van der Waals surface area contributed by atoms with E-state index in [0.29, 0.717) is 31.7 Å². The fourth-order valence-electron chi connectivity index (χ4n) is 2.36. The summed E-state index contributed by atoms with van der Waals surface area (Å²) in [6.45, 7) is 11.9. The van der Waals surface area contributed by atoms with Gasteiger partial charge in [-0.1, -0.05) is 52.8 Å². The van der Waals surface area contributed by atoms with Crippen molar-refractivity contribution < 1.29 is 14.3 Å². The monoisotopic (exact) mass is 333 g/mol. The molecule has 4 nitrogen and oxygen atoms in total. The molecule has 0 aliphatic rings. The highest BCUT2D eigenvalue weighted by atomic mass is 16.5. The summed E-state index contributed by atoms with van der Waals surface area (Å²) in [7, 11) is 0. The number of nitrogens with one attached hydrogen (secondary N) is 1. The van der Waals surface area contributed by atoms with Gasteiger partial charge in [0.25, 0.3) is 0 Å². The van der Waals surface area contributed by atoms with Crippen LogP contribution in [0.2, 0.25) is 0 Å². The van der Waals surface area contributed by atoms with E-state index in [4.69, 9.17) is 4.74 Å². The zero-order valence-corrected chi connectivity index (χ0v) is 15.6. The maximum Gasteiger partial charge on any atom is 0.338 e. The highest BCUT2D eigenvalue weighted by Crippen LogP contribution is 2.20. The fourth-order valence-corrected chi connectivity index (χ4v) is 2.36. The Hall–Kier alpha value is -1.68. The first-order valence-corrected chi connectivity index (χ1v) is 8.54. The van der Waals surface area contributed by atoms with Gasteiger partial charge in [0.05, 0.1) is 18.7 Å². The molecule has 0 amide bonds. The molecule has 1 rings (SSSR count). The molecule has 0 aliphatic heterocycles. The van der Waals surface area contributed by atoms with Crippen LogP contribution in [0, 0.1) is 10.8 Å². The van der Waals surface area contributed by atoms with Gasteiger partial charge in [-0.3, -0.25) is 4.79 Å². The molecule has 0 radical (unpaired) electrons. The number of hydrogen-bond donors (Lipinski definition) is 1. The highest BCUT2D eigenvalue weighted by Gasteiger charge is 2.20. The lowest BCUT2D eigenvalue weighted by molar-refractivity contribution is -0.119. The summed E-state index contributed by atoms with van der Waals surface area (Å²) in [5.74, 6) is -0.0616. The third-order valence-electron chi connectivity index (χ3n) is 3.67. The van der Waals surface area contributed by atoms with Crippen LogP contribution in [0.4, 0.5) is 0 Å². The van der Waals surface area contributed by atoms with E-state index < -0.39 is 0 Å². The molecular weight excluding hydrogens is 302 g/mol. The number of esters is 1. The van der Waals surface area contributed by atoms with Crippen LogP contribution in [0.1, 0.15) is 57.8 Å². The Morgan fingerprint density at radius 3 is 2.25 bits per heavy atom. The van der Waals surface area contributed by atoms with Gasteiger partial charge in [-0.15, -0.1) is 0 Å². The zero-order valence-electron chi connectivity index (χ0n) is 15.6. The molecule has 0 heterocycles. The second kappa shape index (κ2) is 8.97. The van der Waals surface area contributed by atoms with Crippen molar-refractivity contribution in [2.75, 3.05) is 19.7 Å². The van der Waals surface area contributed by atoms with Gasteiger partial charge in [0.15, 0.2) is 0 Å². The summed E-state index contributed by atoms with van der Waals surface area (Å²) < 4.78 is 5.32. The Bertz CT molecular complexity index is 530. The Labute approximate surface area is 146 Å². The summed E-state index contributed by atoms with van der Waals surface area (Å²) in [6, 6.07) is 9.00. The van der Waals surface area contributed by atoms with E-state index in [1.54, 1.807) is 12.1 Å². The maximum absolute atomic E-state index is 11.9. The van der Waals surface area contributed by atoms with Gasteiger partial charge in [-0.05, 0) is 29.4 Å². The minimum atomic E-state index is -0.292. The van der Waals surface area contributed by atoms with Gasteiger partial charge in [-0.2, -0.15) is 0 Å². The second-order valence-corrected chi connectivity index (χ2v) is 8.30. The first kappa shape index (κ1) is 20.4. The molecular formula is C20H31NO3. The van der Waals surface area contributed by atoms with Crippen molar-refractivity contribution in [1.29, 1.82) is 0 Å². The maximum atomic E-state index is 11.9. The number of Topliss-reactive ketones (excluding diaryl/α,β-unsaturated/α-hetero) is 1. The molecule has 1 aromatic rings. The highest BCUT2D eigenvalue weighted by molar-refractivity contribution is 5.89. The molecule has 0 unspecified atom stereocenters. The molecule has 0 fully saturated rings. The van der Waals surface area contributed by atoms with E-state index in [1.807, 2.05) is 18.2 Å². The number of ketones is 1. The van der Waals surface area contributed by atoms with Gasteiger partial charge in [0.1, 0.15) is 5.78 Å². The molecule has 0 bridgehead atoms. The molecule has 0 saturated carbocycles. The standard InChI is InChI=1S/C20H31NO3/c1-19(2,3)13-17(22)14-21-15-20(4,5)11-12-24-18(23)16-9-7-6-8-10-16/h6-10,21H,11-15H2,1-5H3. The molecule has 0 spiro atoms. The van der Waals surface area contributed by atoms with Gasteiger partial charge < -0.3 is 10.1 Å². The van der Waals surface area contributed by atoms with Crippen LogP contribution in [-0.4, -0.2) is 31.4 Å². The first-order valence-electron chi connectivity index (χ1n) is 8.54. The molecule has 134 valence electrons. The molecule has 1 aromatic carbocycles. The molecule has 1 N–H and O–H groups in total. The lowest BCUT2D eigenvalue weighted by atomic mass is 9.88. The average molecular weight is 333 g/mol. The van der Waals surface area contributed by atoms with Crippen LogP contribution in [0.25, 0.3) is 0 Å². The van der Waals surface area contributed by atoms with Crippen molar-refractivity contribution in [1.82, 2.24) is 5.32 Å². The number of benzene rings is 1. The largest absolute Gasteiger partial charge is 0.462 e. The topological polar surface area (TPSA) is 55.4 Å². The predicted molar refractivity (Wildman–Crippen MR) is 97.1 cm³/mol. The van der Waals surface area contributed by atoms with E-state index in [9.17, 15) is 9.59 Å². The van der Waals surface area contributed by atoms with Crippen molar-refractivity contribution in [3.8, 4) is 0 Å². The summed E-state index contributed by atoms with van der Waals surface area (Å²) in [5, 5.41) is 3.23. The van der Waals surface area contributed by atoms with E-state index >= 15 is 0 Å². The Kier molecular flexibility index (Phi) is 7.61. The Morgan fingerprint density at radius 1 is 1.04 bits per heavy atom. The van der Waals surface area contributed by atoms with Gasteiger partial charge in [0.2, 0.25) is 0 Å². The summed E-state index contributed by atoms with van der Waals surface area (Å²) in [4.78, 5) is 23.8. The smallest absolute Gasteiger partial charge is 0.338 e. The van der Waals surface area contributed by atoms with Crippen LogP contribution < -0.4 is 5.32 Å². The molecule has 0 atom stereocenters. The van der Waals surface area contributed by atoms with E-state index in [-0.39, 0.29) is 22.6 Å². The fraction of sp³-hybridized carbons (Fsp3) is 0.600. The van der Waals surface area contributed by atoms with E-state index in [1.165, 1.54) is 0 Å². The van der Waals surface area contributed by atoms with Crippen molar-refractivity contribution >= 4 is 11.8 Å². The SMILES string of the molecule is CC(C)(C)CC(=O)CNCC(C)(C)CCOC(=O)c1ccccc1. The Morgan fingerprint density at radius 2 is 1.67 bits per heavy atom. The van der Waals surface area contributed by atoms with E-state index in [2.05, 4.69) is 39.9 Å². The van der Waals surface area contributed by atoms with Crippen molar-refractivity contribution in [2.45, 2.75) is 47.5 Å². The Balaban J connectivity index is 2.26. The first-order chi connectivity index (χ1) is 11.1. The molecule has 4 heteroatoms. The summed E-state index contributed by atoms with van der Waals surface area (Å²) in [5.41, 5.74) is 0.556. The number of carbonyl (C=O) groups is 2. The molecule has 0 aliphatic carbocycles. The van der Waals surface area contributed by atoms with Crippen LogP contribution in [0.5, 0.6) is 0 Å². The third-order valence-corrected chi connectivity index (χ3v) is 3.67. The van der Waals surface area contributed by atoms with Crippen molar-refractivity contribution in [2.24, 2.45) is 10.8 Å². The van der Waals surface area contributed by atoms with Crippen LogP contribution in [0.15, 0.2) is 30.3 Å². The van der Waals surface area contributed by atoms with Gasteiger partial charge in [-0.25, -0.2) is 4.79 Å². The predicted octanol–water partition coefficient (Wildman–Crippen LogP) is 3.85. The number of ether oxygens (including phenoxy) is 1. The zero-order chi connectivity index (χ0) is 18.2. The van der Waals surface area contributed by atoms with Gasteiger partial charge >= 0.3 is 5.97 Å². The molecule has 0 saturated heterocycles. The van der Waals surface area contributed by atoms with Crippen LogP contribution in [0.3, 0.4) is 0 Å². The normalized spacial score (nSPS) is 12.0. The second-order valence-electron chi connectivity index (χ2n) is 8.30. The van der Waals surface area contributed by atoms with Crippen LogP contribution in [-0.2, 0) is 9.53 Å². The minimum Gasteiger partial charge on any atom is -0.462 e. The molecule has 24 heavy (non-hydrogen) atoms. The summed E-state index contributed by atoms with van der Waals surface area (Å²) in [6.07, 6.45) is 1.32. The van der Waals surface area contributed by atoms with Crippen LogP contribution >= 0.6 is 0 Å². The third kappa shape index (κ3) is 8.82. The van der Waals surface area contributed by atoms with Crippen molar-refractivity contribution in [3.05, 3.63) is 35.9 Å². The summed E-state index contributed by atoms with van der Waals surface area (Å²) >= 11 is 0. The lowest BCUT2D eigenvalue weighted by Crippen LogP contribution is -2.34. The number of rotatable bonds is 9. The van der Waals surface area contributed by atoms with Crippen molar-refractivity contribution in [3.63, 3.8) is 0 Å². The molecule has 0 aromatic heterocycles. The van der Waals surface area contributed by atoms with E-state index in [0.717, 1.165) is 6.42 Å². The minimum absolute atomic E-state index is 0.0277. The quantitative estimate of drug-likeness (QED) is 0.697.